The van der Waals surface area contributed by atoms with Crippen LogP contribution in [0.5, 0.6) is 5.75 Å². The van der Waals surface area contributed by atoms with Crippen molar-refractivity contribution in [3.05, 3.63) is 42.0 Å². The van der Waals surface area contributed by atoms with Crippen molar-refractivity contribution < 1.29 is 14.6 Å². The average Bonchev–Trinajstić information content (AvgIpc) is 2.29. The van der Waals surface area contributed by atoms with Gasteiger partial charge in [-0.15, -0.1) is 0 Å². The number of carboxylic acid groups (broad SMARTS) is 1. The molecule has 0 atom stereocenters. The average molecular weight is 220 g/mol. The van der Waals surface area contributed by atoms with Crippen LogP contribution in [0.1, 0.15) is 19.8 Å². The van der Waals surface area contributed by atoms with E-state index in [0.717, 1.165) is 18.6 Å². The molecule has 0 heterocycles. The summed E-state index contributed by atoms with van der Waals surface area (Å²) in [5.74, 6) is -0.00888. The predicted octanol–water partition coefficient (Wildman–Crippen LogP) is 2.88. The summed E-state index contributed by atoms with van der Waals surface area (Å²) in [6.07, 6.45) is 3.27. The van der Waals surface area contributed by atoms with E-state index in [1.54, 1.807) is 13.0 Å². The van der Waals surface area contributed by atoms with Crippen LogP contribution in [0.25, 0.3) is 0 Å². The molecule has 0 aliphatic heterocycles. The molecule has 3 heteroatoms. The predicted molar refractivity (Wildman–Crippen MR) is 62.6 cm³/mol. The van der Waals surface area contributed by atoms with Crippen molar-refractivity contribution in [2.24, 2.45) is 0 Å². The van der Waals surface area contributed by atoms with Gasteiger partial charge >= 0.3 is 5.97 Å². The Bertz CT molecular complexity index is 355. The molecule has 0 fully saturated rings. The van der Waals surface area contributed by atoms with Crippen molar-refractivity contribution in [1.29, 1.82) is 0 Å². The van der Waals surface area contributed by atoms with Gasteiger partial charge in [-0.25, -0.2) is 4.79 Å². The second-order valence-corrected chi connectivity index (χ2v) is 3.50. The van der Waals surface area contributed by atoms with E-state index >= 15 is 0 Å². The number of carbonyl (C=O) groups is 1. The van der Waals surface area contributed by atoms with E-state index in [0.29, 0.717) is 12.2 Å². The zero-order chi connectivity index (χ0) is 11.8. The van der Waals surface area contributed by atoms with Crippen LogP contribution in [-0.4, -0.2) is 17.7 Å². The van der Waals surface area contributed by atoms with E-state index in [1.165, 1.54) is 0 Å². The molecule has 0 aliphatic rings. The first kappa shape index (κ1) is 12.3. The molecular formula is C13H16O3. The molecule has 0 radical (unpaired) electrons. The molecule has 0 amide bonds. The highest BCUT2D eigenvalue weighted by Crippen LogP contribution is 2.09. The van der Waals surface area contributed by atoms with Gasteiger partial charge in [0.05, 0.1) is 6.61 Å². The monoisotopic (exact) mass is 220 g/mol. The second-order valence-electron chi connectivity index (χ2n) is 3.50. The van der Waals surface area contributed by atoms with Gasteiger partial charge in [-0.05, 0) is 31.9 Å². The minimum atomic E-state index is -0.857. The largest absolute Gasteiger partial charge is 0.494 e. The number of allylic oxidation sites excluding steroid dienone is 1. The standard InChI is InChI=1S/C13H16O3/c1-11(13(14)15)7-5-6-10-16-12-8-3-2-4-9-12/h2-4,7-9H,5-6,10H2,1H3,(H,14,15). The van der Waals surface area contributed by atoms with Crippen LogP contribution in [0, 0.1) is 0 Å². The van der Waals surface area contributed by atoms with Gasteiger partial charge in [0.1, 0.15) is 5.75 Å². The molecule has 0 saturated heterocycles. The first-order chi connectivity index (χ1) is 7.70. The summed E-state index contributed by atoms with van der Waals surface area (Å²) in [5.41, 5.74) is 0.389. The molecule has 0 aromatic heterocycles. The minimum Gasteiger partial charge on any atom is -0.494 e. The minimum absolute atomic E-state index is 0.389. The van der Waals surface area contributed by atoms with Gasteiger partial charge < -0.3 is 9.84 Å². The Hall–Kier alpha value is -1.77. The summed E-state index contributed by atoms with van der Waals surface area (Å²) >= 11 is 0. The third kappa shape index (κ3) is 4.64. The first-order valence-electron chi connectivity index (χ1n) is 5.28. The van der Waals surface area contributed by atoms with E-state index in [-0.39, 0.29) is 0 Å². The summed E-state index contributed by atoms with van der Waals surface area (Å²) in [6.45, 7) is 2.20. The molecule has 1 aromatic carbocycles. The zero-order valence-corrected chi connectivity index (χ0v) is 9.35. The lowest BCUT2D eigenvalue weighted by molar-refractivity contribution is -0.132. The van der Waals surface area contributed by atoms with E-state index < -0.39 is 5.97 Å². The third-order valence-corrected chi connectivity index (χ3v) is 2.15. The lowest BCUT2D eigenvalue weighted by Gasteiger charge is -2.04. The second kappa shape index (κ2) is 6.67. The molecule has 1 rings (SSSR count). The summed E-state index contributed by atoms with van der Waals surface area (Å²) in [6, 6.07) is 9.58. The Labute approximate surface area is 95.4 Å². The SMILES string of the molecule is CC(=CCCCOc1ccccc1)C(=O)O. The number of aliphatic carboxylic acids is 1. The van der Waals surface area contributed by atoms with Crippen molar-refractivity contribution in [2.75, 3.05) is 6.61 Å². The molecule has 86 valence electrons. The molecule has 0 saturated carbocycles. The highest BCUT2D eigenvalue weighted by atomic mass is 16.5. The van der Waals surface area contributed by atoms with Crippen LogP contribution in [0.3, 0.4) is 0 Å². The van der Waals surface area contributed by atoms with Gasteiger partial charge in [0.25, 0.3) is 0 Å². The third-order valence-electron chi connectivity index (χ3n) is 2.15. The lowest BCUT2D eigenvalue weighted by atomic mass is 10.2. The Morgan fingerprint density at radius 1 is 1.38 bits per heavy atom. The van der Waals surface area contributed by atoms with Gasteiger partial charge in [0.2, 0.25) is 0 Å². The number of rotatable bonds is 6. The number of carboxylic acids is 1. The van der Waals surface area contributed by atoms with Crippen LogP contribution >= 0.6 is 0 Å². The highest BCUT2D eigenvalue weighted by molar-refractivity contribution is 5.85. The molecule has 0 bridgehead atoms. The van der Waals surface area contributed by atoms with Crippen LogP contribution in [0.2, 0.25) is 0 Å². The fourth-order valence-electron chi connectivity index (χ4n) is 1.20. The van der Waals surface area contributed by atoms with Gasteiger partial charge in [-0.2, -0.15) is 0 Å². The lowest BCUT2D eigenvalue weighted by Crippen LogP contribution is -1.98. The normalized spacial score (nSPS) is 11.2. The van der Waals surface area contributed by atoms with E-state index in [1.807, 2.05) is 30.3 Å². The van der Waals surface area contributed by atoms with Crippen molar-refractivity contribution in [1.82, 2.24) is 0 Å². The van der Waals surface area contributed by atoms with Crippen molar-refractivity contribution in [3.63, 3.8) is 0 Å². The number of hydrogen-bond donors (Lipinski definition) is 1. The van der Waals surface area contributed by atoms with Crippen molar-refractivity contribution in [2.45, 2.75) is 19.8 Å². The molecular weight excluding hydrogens is 204 g/mol. The van der Waals surface area contributed by atoms with Crippen LogP contribution < -0.4 is 4.74 Å². The van der Waals surface area contributed by atoms with E-state index in [9.17, 15) is 4.79 Å². The Kier molecular flexibility index (Phi) is 5.12. The highest BCUT2D eigenvalue weighted by Gasteiger charge is 1.97. The molecule has 0 spiro atoms. The van der Waals surface area contributed by atoms with Gasteiger partial charge in [-0.1, -0.05) is 24.3 Å². The number of para-hydroxylation sites is 1. The molecule has 3 nitrogen and oxygen atoms in total. The molecule has 16 heavy (non-hydrogen) atoms. The first-order valence-corrected chi connectivity index (χ1v) is 5.28. The van der Waals surface area contributed by atoms with E-state index in [2.05, 4.69) is 0 Å². The Morgan fingerprint density at radius 2 is 2.06 bits per heavy atom. The number of hydrogen-bond acceptors (Lipinski definition) is 2. The summed E-state index contributed by atoms with van der Waals surface area (Å²) < 4.78 is 5.47. The fraction of sp³-hybridized carbons (Fsp3) is 0.308. The molecule has 1 N–H and O–H groups in total. The smallest absolute Gasteiger partial charge is 0.330 e. The Morgan fingerprint density at radius 3 is 2.69 bits per heavy atom. The number of ether oxygens (including phenoxy) is 1. The maximum absolute atomic E-state index is 10.5. The Balaban J connectivity index is 2.18. The van der Waals surface area contributed by atoms with Crippen LogP contribution in [0.4, 0.5) is 0 Å². The fourth-order valence-corrected chi connectivity index (χ4v) is 1.20. The van der Waals surface area contributed by atoms with E-state index in [4.69, 9.17) is 9.84 Å². The topological polar surface area (TPSA) is 46.5 Å². The number of unbranched alkanes of at least 4 members (excludes halogenated alkanes) is 1. The molecule has 1 aromatic rings. The summed E-state index contributed by atoms with van der Waals surface area (Å²) in [4.78, 5) is 10.5. The zero-order valence-electron chi connectivity index (χ0n) is 9.35. The number of benzene rings is 1. The van der Waals surface area contributed by atoms with Crippen molar-refractivity contribution >= 4 is 5.97 Å². The quantitative estimate of drug-likeness (QED) is 0.592. The van der Waals surface area contributed by atoms with Crippen LogP contribution in [0.15, 0.2) is 42.0 Å². The maximum Gasteiger partial charge on any atom is 0.330 e. The van der Waals surface area contributed by atoms with Crippen LogP contribution in [-0.2, 0) is 4.79 Å². The van der Waals surface area contributed by atoms with Crippen molar-refractivity contribution in [3.8, 4) is 5.75 Å². The molecule has 0 aliphatic carbocycles. The summed E-state index contributed by atoms with van der Waals surface area (Å²) in [7, 11) is 0. The maximum atomic E-state index is 10.5. The summed E-state index contributed by atoms with van der Waals surface area (Å²) in [5, 5.41) is 8.62. The van der Waals surface area contributed by atoms with Gasteiger partial charge in [0, 0.05) is 5.57 Å². The van der Waals surface area contributed by atoms with Gasteiger partial charge in [-0.3, -0.25) is 0 Å². The van der Waals surface area contributed by atoms with Gasteiger partial charge in [0.15, 0.2) is 0 Å². The molecule has 0 unspecified atom stereocenters.